The molecule has 1 heterocycles. The van der Waals surface area contributed by atoms with E-state index in [9.17, 15) is 0 Å². The van der Waals surface area contributed by atoms with Gasteiger partial charge < -0.3 is 10.1 Å². The van der Waals surface area contributed by atoms with Gasteiger partial charge in [0.1, 0.15) is 6.07 Å². The van der Waals surface area contributed by atoms with Crippen LogP contribution in [0.3, 0.4) is 0 Å². The van der Waals surface area contributed by atoms with Gasteiger partial charge in [-0.2, -0.15) is 5.26 Å². The Morgan fingerprint density at radius 1 is 1.39 bits per heavy atom. The molecule has 0 bridgehead atoms. The second-order valence-corrected chi connectivity index (χ2v) is 5.04. The zero-order valence-electron chi connectivity index (χ0n) is 10.2. The zero-order valence-corrected chi connectivity index (χ0v) is 11.7. The second-order valence-electron chi connectivity index (χ2n) is 4.19. The molecule has 1 aromatic rings. The minimum absolute atomic E-state index is 0.661. The molecule has 0 saturated carbocycles. The van der Waals surface area contributed by atoms with Crippen molar-refractivity contribution in [3.63, 3.8) is 0 Å². The van der Waals surface area contributed by atoms with Crippen LogP contribution in [0.1, 0.15) is 5.56 Å². The topological polar surface area (TPSA) is 48.3 Å². The lowest BCUT2D eigenvalue weighted by atomic mass is 10.2. The quantitative estimate of drug-likeness (QED) is 0.925. The summed E-state index contributed by atoms with van der Waals surface area (Å²) >= 11 is 3.39. The van der Waals surface area contributed by atoms with Crippen molar-refractivity contribution in [3.05, 3.63) is 28.2 Å². The first-order valence-corrected chi connectivity index (χ1v) is 6.82. The maximum Gasteiger partial charge on any atom is 0.100 e. The molecule has 0 unspecified atom stereocenters. The molecule has 2 rings (SSSR count). The van der Waals surface area contributed by atoms with Crippen LogP contribution in [0, 0.1) is 11.3 Å². The van der Waals surface area contributed by atoms with E-state index in [1.54, 1.807) is 0 Å². The Hall–Kier alpha value is -1.09. The summed E-state index contributed by atoms with van der Waals surface area (Å²) in [5.41, 5.74) is 1.70. The standard InChI is InChI=1S/C13H16BrN3O/c14-13-9-12(2-1-11(13)10-15)16-3-4-17-5-7-18-8-6-17/h1-2,9,16H,3-8H2. The summed E-state index contributed by atoms with van der Waals surface area (Å²) in [4.78, 5) is 2.38. The minimum atomic E-state index is 0.661. The van der Waals surface area contributed by atoms with Crippen LogP contribution >= 0.6 is 15.9 Å². The highest BCUT2D eigenvalue weighted by Gasteiger charge is 2.09. The summed E-state index contributed by atoms with van der Waals surface area (Å²) in [6.07, 6.45) is 0. The van der Waals surface area contributed by atoms with Gasteiger partial charge in [-0.15, -0.1) is 0 Å². The number of hydrogen-bond acceptors (Lipinski definition) is 4. The smallest absolute Gasteiger partial charge is 0.100 e. The van der Waals surface area contributed by atoms with Crippen molar-refractivity contribution < 1.29 is 4.74 Å². The van der Waals surface area contributed by atoms with E-state index in [1.807, 2.05) is 18.2 Å². The number of hydrogen-bond donors (Lipinski definition) is 1. The highest BCUT2D eigenvalue weighted by atomic mass is 79.9. The van der Waals surface area contributed by atoms with Crippen LogP contribution < -0.4 is 5.32 Å². The number of halogens is 1. The predicted octanol–water partition coefficient (Wildman–Crippen LogP) is 2.06. The second kappa shape index (κ2) is 6.74. The Bertz CT molecular complexity index is 438. The van der Waals surface area contributed by atoms with Crippen molar-refractivity contribution in [3.8, 4) is 6.07 Å². The molecule has 4 nitrogen and oxygen atoms in total. The number of nitrogens with one attached hydrogen (secondary N) is 1. The first-order valence-electron chi connectivity index (χ1n) is 6.03. The van der Waals surface area contributed by atoms with Gasteiger partial charge in [0.05, 0.1) is 18.8 Å². The number of nitrogens with zero attached hydrogens (tertiary/aromatic N) is 2. The fraction of sp³-hybridized carbons (Fsp3) is 0.462. The highest BCUT2D eigenvalue weighted by molar-refractivity contribution is 9.10. The number of anilines is 1. The third-order valence-corrected chi connectivity index (χ3v) is 3.61. The van der Waals surface area contributed by atoms with Gasteiger partial charge in [-0.1, -0.05) is 0 Å². The normalized spacial score (nSPS) is 16.2. The molecule has 1 aromatic carbocycles. The number of rotatable bonds is 4. The van der Waals surface area contributed by atoms with Crippen LogP contribution in [0.2, 0.25) is 0 Å². The number of benzene rings is 1. The molecule has 1 saturated heterocycles. The minimum Gasteiger partial charge on any atom is -0.384 e. The summed E-state index contributed by atoms with van der Waals surface area (Å²) in [6.45, 7) is 5.61. The average Bonchev–Trinajstić information content (AvgIpc) is 2.40. The lowest BCUT2D eigenvalue weighted by molar-refractivity contribution is 0.0398. The monoisotopic (exact) mass is 309 g/mol. The first kappa shape index (κ1) is 13.3. The molecule has 0 aliphatic carbocycles. The maximum atomic E-state index is 8.84. The van der Waals surface area contributed by atoms with Crippen LogP contribution in [0.4, 0.5) is 5.69 Å². The molecule has 18 heavy (non-hydrogen) atoms. The van der Waals surface area contributed by atoms with E-state index >= 15 is 0 Å². The van der Waals surface area contributed by atoms with Crippen molar-refractivity contribution in [2.24, 2.45) is 0 Å². The Labute approximate surface area is 116 Å². The molecule has 0 radical (unpaired) electrons. The van der Waals surface area contributed by atoms with Crippen molar-refractivity contribution in [2.75, 3.05) is 44.7 Å². The van der Waals surface area contributed by atoms with E-state index in [0.29, 0.717) is 5.56 Å². The first-order chi connectivity index (χ1) is 8.79. The van der Waals surface area contributed by atoms with Crippen LogP contribution in [-0.4, -0.2) is 44.3 Å². The number of ether oxygens (including phenoxy) is 1. The van der Waals surface area contributed by atoms with E-state index in [2.05, 4.69) is 32.2 Å². The summed E-state index contributed by atoms with van der Waals surface area (Å²) < 4.78 is 6.14. The molecule has 0 amide bonds. The Morgan fingerprint density at radius 3 is 2.83 bits per heavy atom. The molecule has 1 aliphatic heterocycles. The van der Waals surface area contributed by atoms with Gasteiger partial charge in [-0.3, -0.25) is 4.90 Å². The van der Waals surface area contributed by atoms with Gasteiger partial charge in [-0.25, -0.2) is 0 Å². The Morgan fingerprint density at radius 2 is 2.17 bits per heavy atom. The summed E-state index contributed by atoms with van der Waals surface area (Å²) in [6, 6.07) is 7.83. The average molecular weight is 310 g/mol. The summed E-state index contributed by atoms with van der Waals surface area (Å²) in [7, 11) is 0. The molecular weight excluding hydrogens is 294 g/mol. The van der Waals surface area contributed by atoms with E-state index in [4.69, 9.17) is 10.00 Å². The van der Waals surface area contributed by atoms with E-state index < -0.39 is 0 Å². The molecule has 1 aliphatic rings. The van der Waals surface area contributed by atoms with E-state index in [-0.39, 0.29) is 0 Å². The van der Waals surface area contributed by atoms with Gasteiger partial charge >= 0.3 is 0 Å². The molecular formula is C13H16BrN3O. The van der Waals surface area contributed by atoms with Crippen LogP contribution in [-0.2, 0) is 4.74 Å². The number of nitriles is 1. The zero-order chi connectivity index (χ0) is 12.8. The van der Waals surface area contributed by atoms with Crippen molar-refractivity contribution >= 4 is 21.6 Å². The van der Waals surface area contributed by atoms with Crippen LogP contribution in [0.15, 0.2) is 22.7 Å². The van der Waals surface area contributed by atoms with Crippen molar-refractivity contribution in [1.29, 1.82) is 5.26 Å². The molecule has 0 aromatic heterocycles. The Kier molecular flexibility index (Phi) is 5.00. The lowest BCUT2D eigenvalue weighted by Crippen LogP contribution is -2.39. The van der Waals surface area contributed by atoms with Crippen LogP contribution in [0.25, 0.3) is 0 Å². The maximum absolute atomic E-state index is 8.84. The largest absolute Gasteiger partial charge is 0.384 e. The molecule has 0 spiro atoms. The summed E-state index contributed by atoms with van der Waals surface area (Å²) in [5.74, 6) is 0. The fourth-order valence-electron chi connectivity index (χ4n) is 1.90. The van der Waals surface area contributed by atoms with E-state index in [0.717, 1.165) is 49.6 Å². The Balaban J connectivity index is 1.79. The molecule has 5 heteroatoms. The van der Waals surface area contributed by atoms with Gasteiger partial charge in [0.2, 0.25) is 0 Å². The van der Waals surface area contributed by atoms with Gasteiger partial charge in [0.15, 0.2) is 0 Å². The predicted molar refractivity (Wildman–Crippen MR) is 74.6 cm³/mol. The van der Waals surface area contributed by atoms with Gasteiger partial charge in [0.25, 0.3) is 0 Å². The van der Waals surface area contributed by atoms with Crippen LogP contribution in [0.5, 0.6) is 0 Å². The lowest BCUT2D eigenvalue weighted by Gasteiger charge is -2.26. The fourth-order valence-corrected chi connectivity index (χ4v) is 2.37. The summed E-state index contributed by atoms with van der Waals surface area (Å²) in [5, 5.41) is 12.2. The molecule has 0 atom stereocenters. The molecule has 96 valence electrons. The van der Waals surface area contributed by atoms with E-state index in [1.165, 1.54) is 0 Å². The third-order valence-electron chi connectivity index (χ3n) is 2.95. The highest BCUT2D eigenvalue weighted by Crippen LogP contribution is 2.20. The van der Waals surface area contributed by atoms with Gasteiger partial charge in [0, 0.05) is 36.3 Å². The molecule has 1 fully saturated rings. The number of morpholine rings is 1. The van der Waals surface area contributed by atoms with Gasteiger partial charge in [-0.05, 0) is 34.1 Å². The van der Waals surface area contributed by atoms with Crippen molar-refractivity contribution in [2.45, 2.75) is 0 Å². The SMILES string of the molecule is N#Cc1ccc(NCCN2CCOCC2)cc1Br. The third kappa shape index (κ3) is 3.70. The molecule has 1 N–H and O–H groups in total. The van der Waals surface area contributed by atoms with Crippen molar-refractivity contribution in [1.82, 2.24) is 4.90 Å².